The monoisotopic (exact) mass is 260 g/mol. The van der Waals surface area contributed by atoms with Gasteiger partial charge < -0.3 is 9.47 Å². The van der Waals surface area contributed by atoms with Crippen LogP contribution < -0.4 is 0 Å². The van der Waals surface area contributed by atoms with E-state index in [2.05, 4.69) is 28.4 Å². The van der Waals surface area contributed by atoms with Crippen LogP contribution in [0.5, 0.6) is 0 Å². The van der Waals surface area contributed by atoms with Crippen molar-refractivity contribution in [2.45, 2.75) is 19.8 Å². The molecule has 0 rings (SSSR count). The molecule has 4 nitrogen and oxygen atoms in total. The molecule has 0 radical (unpaired) electrons. The molecule has 0 aromatic carbocycles. The second-order valence-corrected chi connectivity index (χ2v) is 3.19. The molecule has 4 heteroatoms. The number of ether oxygens (including phenoxy) is 2. The molecule has 100 valence electrons. The van der Waals surface area contributed by atoms with Crippen LogP contribution in [0.3, 0.4) is 0 Å². The summed E-state index contributed by atoms with van der Waals surface area (Å²) in [7, 11) is 1.28. The lowest BCUT2D eigenvalue weighted by Crippen LogP contribution is -2.00. The van der Waals surface area contributed by atoms with Gasteiger partial charge in [0.2, 0.25) is 0 Å². The number of methoxy groups -OCH3 is 1. The predicted molar refractivity (Wildman–Crippen MR) is 71.7 cm³/mol. The Morgan fingerprint density at radius 2 is 1.68 bits per heavy atom. The van der Waals surface area contributed by atoms with E-state index in [0.29, 0.717) is 0 Å². The molecule has 0 aliphatic carbocycles. The highest BCUT2D eigenvalue weighted by molar-refractivity contribution is 5.83. The topological polar surface area (TPSA) is 52.6 Å². The second kappa shape index (κ2) is 12.0. The van der Waals surface area contributed by atoms with E-state index in [-0.39, 0.29) is 6.61 Å². The molecule has 0 atom stereocenters. The molecule has 0 bridgehead atoms. The number of rotatable bonds is 4. The summed E-state index contributed by atoms with van der Waals surface area (Å²) < 4.78 is 9.13. The highest BCUT2D eigenvalue weighted by atomic mass is 16.5. The van der Waals surface area contributed by atoms with Crippen molar-refractivity contribution in [3.05, 3.63) is 24.3 Å². The van der Waals surface area contributed by atoms with Crippen molar-refractivity contribution in [3.8, 4) is 23.7 Å². The molecule has 0 amide bonds. The Morgan fingerprint density at radius 3 is 2.32 bits per heavy atom. The van der Waals surface area contributed by atoms with Crippen LogP contribution in [0.4, 0.5) is 0 Å². The fourth-order valence-electron chi connectivity index (χ4n) is 0.799. The van der Waals surface area contributed by atoms with Crippen LogP contribution in [-0.4, -0.2) is 25.7 Å². The first-order valence-electron chi connectivity index (χ1n) is 5.75. The number of hydrogen-bond acceptors (Lipinski definition) is 4. The Bertz CT molecular complexity index is 464. The van der Waals surface area contributed by atoms with E-state index in [0.717, 1.165) is 12.8 Å². The van der Waals surface area contributed by atoms with E-state index in [1.165, 1.54) is 31.4 Å². The summed E-state index contributed by atoms with van der Waals surface area (Å²) in [4.78, 5) is 21.8. The largest absolute Gasteiger partial charge is 0.466 e. The number of hydrogen-bond donors (Lipinski definition) is 0. The van der Waals surface area contributed by atoms with Crippen molar-refractivity contribution in [2.75, 3.05) is 13.7 Å². The minimum absolute atomic E-state index is 0.0446. The minimum atomic E-state index is -0.503. The molecule has 0 fully saturated rings. The van der Waals surface area contributed by atoms with Crippen LogP contribution >= 0.6 is 0 Å². The van der Waals surface area contributed by atoms with Gasteiger partial charge in [-0.2, -0.15) is 0 Å². The number of esters is 2. The summed E-state index contributed by atoms with van der Waals surface area (Å²) in [6.45, 7) is 1.98. The van der Waals surface area contributed by atoms with Crippen molar-refractivity contribution >= 4 is 11.9 Å². The Balaban J connectivity index is 3.87. The van der Waals surface area contributed by atoms with Crippen LogP contribution in [0.25, 0.3) is 0 Å². The zero-order valence-electron chi connectivity index (χ0n) is 11.1. The highest BCUT2D eigenvalue weighted by Gasteiger charge is 1.91. The molecule has 0 saturated carbocycles. The van der Waals surface area contributed by atoms with Gasteiger partial charge in [0.05, 0.1) is 7.11 Å². The first-order valence-corrected chi connectivity index (χ1v) is 5.75. The lowest BCUT2D eigenvalue weighted by molar-refractivity contribution is -0.136. The van der Waals surface area contributed by atoms with Gasteiger partial charge >= 0.3 is 11.9 Å². The van der Waals surface area contributed by atoms with Gasteiger partial charge in [-0.3, -0.25) is 0 Å². The van der Waals surface area contributed by atoms with Crippen LogP contribution in [0.15, 0.2) is 24.3 Å². The predicted octanol–water partition coefficient (Wildman–Crippen LogP) is 1.62. The summed E-state index contributed by atoms with van der Waals surface area (Å²) in [5.41, 5.74) is 0. The van der Waals surface area contributed by atoms with Gasteiger partial charge in [0.25, 0.3) is 0 Å². The fraction of sp³-hybridized carbons (Fsp3) is 0.333. The van der Waals surface area contributed by atoms with E-state index < -0.39 is 11.9 Å². The van der Waals surface area contributed by atoms with Gasteiger partial charge in [0.1, 0.15) is 0 Å². The van der Waals surface area contributed by atoms with Gasteiger partial charge in [0.15, 0.2) is 6.61 Å². The van der Waals surface area contributed by atoms with Crippen LogP contribution in [0.2, 0.25) is 0 Å². The maximum absolute atomic E-state index is 11.1. The van der Waals surface area contributed by atoms with E-state index in [4.69, 9.17) is 4.74 Å². The molecule has 0 aliphatic rings. The van der Waals surface area contributed by atoms with E-state index in [1.807, 2.05) is 6.92 Å². The highest BCUT2D eigenvalue weighted by Crippen LogP contribution is 1.83. The SMILES string of the molecule is CCCC#C/C=C\C(=O)OCC#C/C=C\C(=O)OC. The molecule has 0 saturated heterocycles. The van der Waals surface area contributed by atoms with Crippen molar-refractivity contribution in [1.82, 2.24) is 0 Å². The van der Waals surface area contributed by atoms with E-state index in [1.54, 1.807) is 0 Å². The molecular formula is C15H16O4. The molecule has 0 spiro atoms. The molecule has 0 aromatic heterocycles. The fourth-order valence-corrected chi connectivity index (χ4v) is 0.799. The van der Waals surface area contributed by atoms with Gasteiger partial charge in [-0.1, -0.05) is 30.6 Å². The Kier molecular flexibility index (Phi) is 10.5. The Morgan fingerprint density at radius 1 is 1.05 bits per heavy atom. The third kappa shape index (κ3) is 11.8. The van der Waals surface area contributed by atoms with Crippen molar-refractivity contribution in [1.29, 1.82) is 0 Å². The first kappa shape index (κ1) is 16.5. The number of allylic oxidation sites excluding steroid dienone is 2. The quantitative estimate of drug-likeness (QED) is 0.438. The normalized spacial score (nSPS) is 9.37. The zero-order chi connectivity index (χ0) is 14.3. The molecule has 0 heterocycles. The molecule has 0 unspecified atom stereocenters. The number of carbonyl (C=O) groups is 2. The summed E-state index contributed by atoms with van der Waals surface area (Å²) in [6.07, 6.45) is 6.98. The molecule has 19 heavy (non-hydrogen) atoms. The third-order valence-electron chi connectivity index (χ3n) is 1.67. The first-order chi connectivity index (χ1) is 9.20. The lowest BCUT2D eigenvalue weighted by Gasteiger charge is -1.92. The summed E-state index contributed by atoms with van der Waals surface area (Å²) in [5, 5.41) is 0. The summed E-state index contributed by atoms with van der Waals surface area (Å²) in [6, 6.07) is 0. The smallest absolute Gasteiger partial charge is 0.332 e. The maximum atomic E-state index is 11.1. The van der Waals surface area contributed by atoms with Crippen LogP contribution in [-0.2, 0) is 19.1 Å². The minimum Gasteiger partial charge on any atom is -0.466 e. The maximum Gasteiger partial charge on any atom is 0.332 e. The Labute approximate surface area is 113 Å². The summed E-state index contributed by atoms with van der Waals surface area (Å²) >= 11 is 0. The Hall–Kier alpha value is -2.46. The van der Waals surface area contributed by atoms with Crippen LogP contribution in [0, 0.1) is 23.7 Å². The number of carbonyl (C=O) groups excluding carboxylic acids is 2. The molecule has 0 aromatic rings. The average molecular weight is 260 g/mol. The van der Waals surface area contributed by atoms with Gasteiger partial charge in [-0.05, 0) is 18.6 Å². The van der Waals surface area contributed by atoms with Crippen molar-refractivity contribution < 1.29 is 19.1 Å². The second-order valence-electron chi connectivity index (χ2n) is 3.19. The van der Waals surface area contributed by atoms with Gasteiger partial charge in [0, 0.05) is 18.6 Å². The van der Waals surface area contributed by atoms with Crippen molar-refractivity contribution in [2.24, 2.45) is 0 Å². The van der Waals surface area contributed by atoms with Gasteiger partial charge in [-0.25, -0.2) is 9.59 Å². The van der Waals surface area contributed by atoms with E-state index >= 15 is 0 Å². The van der Waals surface area contributed by atoms with Gasteiger partial charge in [-0.15, -0.1) is 0 Å². The molecule has 0 N–H and O–H groups in total. The third-order valence-corrected chi connectivity index (χ3v) is 1.67. The number of unbranched alkanes of at least 4 members (excludes halogenated alkanes) is 1. The average Bonchev–Trinajstić information content (AvgIpc) is 2.42. The van der Waals surface area contributed by atoms with Crippen molar-refractivity contribution in [3.63, 3.8) is 0 Å². The molecule has 0 aliphatic heterocycles. The lowest BCUT2D eigenvalue weighted by atomic mass is 10.3. The molecular weight excluding hydrogens is 244 g/mol. The summed E-state index contributed by atoms with van der Waals surface area (Å²) in [5.74, 6) is 9.67. The van der Waals surface area contributed by atoms with Crippen LogP contribution in [0.1, 0.15) is 19.8 Å². The van der Waals surface area contributed by atoms with E-state index in [9.17, 15) is 9.59 Å². The zero-order valence-corrected chi connectivity index (χ0v) is 11.1. The standard InChI is InChI=1S/C15H16O4/c1-3-4-5-6-8-12-15(17)19-13-10-7-9-11-14(16)18-2/h8-9,11-12H,3-4,13H2,1-2H3/b11-9-,12-8-.